The van der Waals surface area contributed by atoms with E-state index in [9.17, 15) is 0 Å². The van der Waals surface area contributed by atoms with Crippen molar-refractivity contribution in [3.63, 3.8) is 0 Å². The molecule has 20 heavy (non-hydrogen) atoms. The molecule has 0 radical (unpaired) electrons. The predicted molar refractivity (Wildman–Crippen MR) is 90.0 cm³/mol. The van der Waals surface area contributed by atoms with Gasteiger partial charge >= 0.3 is 0 Å². The van der Waals surface area contributed by atoms with Crippen molar-refractivity contribution in [2.24, 2.45) is 17.3 Å². The first-order chi connectivity index (χ1) is 9.80. The van der Waals surface area contributed by atoms with Gasteiger partial charge in [-0.15, -0.1) is 0 Å². The molecule has 0 N–H and O–H groups in total. The zero-order valence-electron chi connectivity index (χ0n) is 14.3. The highest BCUT2D eigenvalue weighted by atomic mass is 14.5. The third kappa shape index (κ3) is 4.25. The lowest BCUT2D eigenvalue weighted by molar-refractivity contribution is 0.0426. The van der Waals surface area contributed by atoms with Crippen LogP contribution >= 0.6 is 0 Å². The number of hydrogen-bond acceptors (Lipinski definition) is 0. The predicted octanol–water partition coefficient (Wildman–Crippen LogP) is 7.12. The summed E-state index contributed by atoms with van der Waals surface area (Å²) in [5.41, 5.74) is 0.782. The summed E-state index contributed by atoms with van der Waals surface area (Å²) in [6.45, 7) is 4.71. The van der Waals surface area contributed by atoms with Gasteiger partial charge in [0.1, 0.15) is 0 Å². The molecule has 118 valence electrons. The fraction of sp³-hybridized carbons (Fsp3) is 1.00. The maximum absolute atomic E-state index is 2.36. The second-order valence-corrected chi connectivity index (χ2v) is 7.89. The lowest BCUT2D eigenvalue weighted by Crippen LogP contribution is -2.35. The lowest BCUT2D eigenvalue weighted by atomic mass is 9.58. The van der Waals surface area contributed by atoms with Gasteiger partial charge < -0.3 is 0 Å². The summed E-state index contributed by atoms with van der Waals surface area (Å²) in [6.07, 6.45) is 22.8. The van der Waals surface area contributed by atoms with E-state index in [-0.39, 0.29) is 0 Å². The summed E-state index contributed by atoms with van der Waals surface area (Å²) in [7, 11) is 0. The Bertz CT molecular complexity index is 241. The molecule has 0 atom stereocenters. The Morgan fingerprint density at radius 2 is 1.50 bits per heavy atom. The van der Waals surface area contributed by atoms with Crippen LogP contribution in [0.15, 0.2) is 0 Å². The third-order valence-corrected chi connectivity index (χ3v) is 6.54. The van der Waals surface area contributed by atoms with Crippen molar-refractivity contribution in [1.29, 1.82) is 0 Å². The molecule has 0 spiro atoms. The van der Waals surface area contributed by atoms with E-state index in [2.05, 4.69) is 13.8 Å². The van der Waals surface area contributed by atoms with Crippen LogP contribution in [0.5, 0.6) is 0 Å². The summed E-state index contributed by atoms with van der Waals surface area (Å²) >= 11 is 0. The second-order valence-electron chi connectivity index (χ2n) is 7.89. The molecule has 2 aliphatic carbocycles. The standard InChI is InChI=1S/C20H38/c1-3-5-7-15-20(16-8-6-9-17-20)19-13-11-18(10-4-2)12-14-19/h18-19H,3-17H2,1-2H3. The first-order valence-electron chi connectivity index (χ1n) is 9.80. The third-order valence-electron chi connectivity index (χ3n) is 6.54. The Balaban J connectivity index is 1.89. The minimum atomic E-state index is 0.782. The van der Waals surface area contributed by atoms with Crippen molar-refractivity contribution in [3.05, 3.63) is 0 Å². The minimum Gasteiger partial charge on any atom is -0.0654 e. The topological polar surface area (TPSA) is 0 Å². The van der Waals surface area contributed by atoms with Gasteiger partial charge in [0.25, 0.3) is 0 Å². The summed E-state index contributed by atoms with van der Waals surface area (Å²) in [4.78, 5) is 0. The average Bonchev–Trinajstić information content (AvgIpc) is 2.50. The number of hydrogen-bond donors (Lipinski definition) is 0. The highest BCUT2D eigenvalue weighted by Crippen LogP contribution is 2.52. The van der Waals surface area contributed by atoms with E-state index in [0.717, 1.165) is 17.3 Å². The van der Waals surface area contributed by atoms with Gasteiger partial charge in [-0.3, -0.25) is 0 Å². The van der Waals surface area contributed by atoms with Crippen LogP contribution in [-0.2, 0) is 0 Å². The van der Waals surface area contributed by atoms with Crippen molar-refractivity contribution in [2.75, 3.05) is 0 Å². The van der Waals surface area contributed by atoms with Gasteiger partial charge in [0.15, 0.2) is 0 Å². The van der Waals surface area contributed by atoms with E-state index < -0.39 is 0 Å². The largest absolute Gasteiger partial charge is 0.0654 e. The van der Waals surface area contributed by atoms with Crippen LogP contribution in [0.1, 0.15) is 110 Å². The van der Waals surface area contributed by atoms with Crippen LogP contribution in [0.25, 0.3) is 0 Å². The normalized spacial score (nSPS) is 30.3. The minimum absolute atomic E-state index is 0.782. The Kier molecular flexibility index (Phi) is 6.91. The van der Waals surface area contributed by atoms with E-state index in [1.54, 1.807) is 44.9 Å². The average molecular weight is 279 g/mol. The molecule has 0 aromatic heterocycles. The SMILES string of the molecule is CCCCCC1(C2CCC(CCC)CC2)CCCCC1. The molecule has 0 nitrogen and oxygen atoms in total. The van der Waals surface area contributed by atoms with Crippen LogP contribution in [0.3, 0.4) is 0 Å². The van der Waals surface area contributed by atoms with E-state index in [1.165, 1.54) is 51.4 Å². The fourth-order valence-electron chi connectivity index (χ4n) is 5.32. The molecule has 0 aromatic carbocycles. The van der Waals surface area contributed by atoms with Crippen molar-refractivity contribution in [1.82, 2.24) is 0 Å². The molecule has 2 fully saturated rings. The first-order valence-corrected chi connectivity index (χ1v) is 9.80. The van der Waals surface area contributed by atoms with E-state index >= 15 is 0 Å². The quantitative estimate of drug-likeness (QED) is 0.435. The second kappa shape index (κ2) is 8.44. The molecule has 0 heteroatoms. The molecule has 2 saturated carbocycles. The van der Waals surface area contributed by atoms with Crippen molar-refractivity contribution in [2.45, 2.75) is 110 Å². The van der Waals surface area contributed by atoms with Gasteiger partial charge in [-0.2, -0.15) is 0 Å². The van der Waals surface area contributed by atoms with Crippen LogP contribution < -0.4 is 0 Å². The van der Waals surface area contributed by atoms with Gasteiger partial charge in [-0.05, 0) is 49.4 Å². The van der Waals surface area contributed by atoms with Gasteiger partial charge in [0, 0.05) is 0 Å². The van der Waals surface area contributed by atoms with Crippen LogP contribution in [0.4, 0.5) is 0 Å². The van der Waals surface area contributed by atoms with Crippen molar-refractivity contribution >= 4 is 0 Å². The molecule has 0 bridgehead atoms. The number of unbranched alkanes of at least 4 members (excludes halogenated alkanes) is 2. The van der Waals surface area contributed by atoms with Crippen LogP contribution in [-0.4, -0.2) is 0 Å². The van der Waals surface area contributed by atoms with Gasteiger partial charge in [0.05, 0.1) is 0 Å². The number of rotatable bonds is 7. The fourth-order valence-corrected chi connectivity index (χ4v) is 5.32. The Morgan fingerprint density at radius 1 is 0.800 bits per heavy atom. The van der Waals surface area contributed by atoms with Gasteiger partial charge in [0.2, 0.25) is 0 Å². The van der Waals surface area contributed by atoms with Crippen LogP contribution in [0, 0.1) is 17.3 Å². The molecule has 0 amide bonds. The monoisotopic (exact) mass is 278 g/mol. The van der Waals surface area contributed by atoms with E-state index in [0.29, 0.717) is 0 Å². The molecule has 0 aliphatic heterocycles. The van der Waals surface area contributed by atoms with E-state index in [4.69, 9.17) is 0 Å². The maximum atomic E-state index is 2.36. The smallest absolute Gasteiger partial charge is 0.0269 e. The molecule has 2 rings (SSSR count). The molecule has 0 saturated heterocycles. The van der Waals surface area contributed by atoms with Crippen molar-refractivity contribution < 1.29 is 0 Å². The molecular formula is C20H38. The highest BCUT2D eigenvalue weighted by Gasteiger charge is 2.40. The zero-order valence-corrected chi connectivity index (χ0v) is 14.3. The summed E-state index contributed by atoms with van der Waals surface area (Å²) in [6, 6.07) is 0. The molecule has 0 aromatic rings. The van der Waals surface area contributed by atoms with Crippen molar-refractivity contribution in [3.8, 4) is 0 Å². The van der Waals surface area contributed by atoms with Gasteiger partial charge in [-0.1, -0.05) is 78.1 Å². The van der Waals surface area contributed by atoms with Gasteiger partial charge in [-0.25, -0.2) is 0 Å². The maximum Gasteiger partial charge on any atom is -0.0269 e. The molecular weight excluding hydrogens is 240 g/mol. The first kappa shape index (κ1) is 16.4. The molecule has 0 unspecified atom stereocenters. The summed E-state index contributed by atoms with van der Waals surface area (Å²) in [5, 5.41) is 0. The summed E-state index contributed by atoms with van der Waals surface area (Å²) in [5.74, 6) is 2.17. The lowest BCUT2D eigenvalue weighted by Gasteiger charge is -2.47. The molecule has 2 aliphatic rings. The Morgan fingerprint density at radius 3 is 2.10 bits per heavy atom. The van der Waals surface area contributed by atoms with Crippen LogP contribution in [0.2, 0.25) is 0 Å². The zero-order chi connectivity index (χ0) is 14.3. The Labute approximate surface area is 128 Å². The Hall–Kier alpha value is 0. The highest BCUT2D eigenvalue weighted by molar-refractivity contribution is 4.91. The van der Waals surface area contributed by atoms with E-state index in [1.807, 2.05) is 0 Å². The molecule has 0 heterocycles. The summed E-state index contributed by atoms with van der Waals surface area (Å²) < 4.78 is 0.